The largest absolute Gasteiger partial charge is 0.344 e. The van der Waals surface area contributed by atoms with Crippen LogP contribution in [-0.2, 0) is 19.6 Å². The molecule has 7 heteroatoms. The van der Waals surface area contributed by atoms with Gasteiger partial charge in [-0.1, -0.05) is 13.0 Å². The van der Waals surface area contributed by atoms with Gasteiger partial charge in [-0.3, -0.25) is 14.3 Å². The van der Waals surface area contributed by atoms with Crippen molar-refractivity contribution in [1.29, 1.82) is 0 Å². The van der Waals surface area contributed by atoms with Crippen LogP contribution in [-0.4, -0.2) is 32.0 Å². The van der Waals surface area contributed by atoms with E-state index < -0.39 is 21.5 Å². The molecule has 0 spiro atoms. The minimum absolute atomic E-state index is 0.116. The standard InChI is InChI=1S/C10H16N2O4S/c1-3-5-17(15,16)12-9(14)10(11-7-13)6-8(10)4-2/h4,7-8H,2-3,5-6H2,1H3,(H,11,13)(H,12,14)/t8-,10-/m1/s1. The molecular weight excluding hydrogens is 244 g/mol. The minimum Gasteiger partial charge on any atom is -0.344 e. The maximum Gasteiger partial charge on any atom is 0.259 e. The number of nitrogens with one attached hydrogen (secondary N) is 2. The van der Waals surface area contributed by atoms with Crippen molar-refractivity contribution < 1.29 is 18.0 Å². The van der Waals surface area contributed by atoms with Gasteiger partial charge in [0, 0.05) is 5.92 Å². The lowest BCUT2D eigenvalue weighted by atomic mass is 10.2. The first-order valence-corrected chi connectivity index (χ1v) is 6.96. The van der Waals surface area contributed by atoms with Crippen molar-refractivity contribution in [2.75, 3.05) is 5.75 Å². The van der Waals surface area contributed by atoms with Crippen LogP contribution in [0.4, 0.5) is 0 Å². The van der Waals surface area contributed by atoms with Crippen LogP contribution in [0.5, 0.6) is 0 Å². The summed E-state index contributed by atoms with van der Waals surface area (Å²) in [4.78, 5) is 22.3. The van der Waals surface area contributed by atoms with Crippen molar-refractivity contribution in [3.05, 3.63) is 12.7 Å². The third-order valence-corrected chi connectivity index (χ3v) is 4.18. The highest BCUT2D eigenvalue weighted by Crippen LogP contribution is 2.44. The molecule has 1 aliphatic carbocycles. The third kappa shape index (κ3) is 2.85. The Labute approximate surface area is 101 Å². The first-order chi connectivity index (χ1) is 7.91. The van der Waals surface area contributed by atoms with Gasteiger partial charge in [0.05, 0.1) is 5.75 Å². The number of hydrogen-bond donors (Lipinski definition) is 2. The molecule has 1 fully saturated rings. The van der Waals surface area contributed by atoms with Gasteiger partial charge in [-0.15, -0.1) is 6.58 Å². The second-order valence-corrected chi connectivity index (χ2v) is 5.87. The highest BCUT2D eigenvalue weighted by molar-refractivity contribution is 7.90. The van der Waals surface area contributed by atoms with Crippen LogP contribution < -0.4 is 10.0 Å². The fraction of sp³-hybridized carbons (Fsp3) is 0.600. The molecule has 0 aromatic heterocycles. The van der Waals surface area contributed by atoms with Gasteiger partial charge in [-0.2, -0.15) is 0 Å². The summed E-state index contributed by atoms with van der Waals surface area (Å²) in [5.41, 5.74) is -1.13. The molecule has 6 nitrogen and oxygen atoms in total. The van der Waals surface area contributed by atoms with Crippen LogP contribution in [0.3, 0.4) is 0 Å². The van der Waals surface area contributed by atoms with Gasteiger partial charge >= 0.3 is 0 Å². The number of sulfonamides is 1. The molecule has 2 atom stereocenters. The predicted octanol–water partition coefficient (Wildman–Crippen LogP) is -0.467. The van der Waals surface area contributed by atoms with Crippen LogP contribution in [0.1, 0.15) is 19.8 Å². The van der Waals surface area contributed by atoms with Gasteiger partial charge in [0.1, 0.15) is 5.54 Å². The van der Waals surface area contributed by atoms with Crippen molar-refractivity contribution in [3.63, 3.8) is 0 Å². The van der Waals surface area contributed by atoms with E-state index in [0.717, 1.165) is 0 Å². The molecule has 1 aliphatic rings. The fourth-order valence-corrected chi connectivity index (χ4v) is 2.83. The first-order valence-electron chi connectivity index (χ1n) is 5.30. The van der Waals surface area contributed by atoms with Crippen LogP contribution in [0.2, 0.25) is 0 Å². The van der Waals surface area contributed by atoms with E-state index >= 15 is 0 Å². The topological polar surface area (TPSA) is 92.3 Å². The van der Waals surface area contributed by atoms with Crippen LogP contribution >= 0.6 is 0 Å². The zero-order valence-corrected chi connectivity index (χ0v) is 10.4. The Morgan fingerprint density at radius 2 is 2.24 bits per heavy atom. The molecule has 0 aromatic carbocycles. The van der Waals surface area contributed by atoms with E-state index in [1.165, 1.54) is 6.08 Å². The smallest absolute Gasteiger partial charge is 0.259 e. The Hall–Kier alpha value is -1.37. The number of carbonyl (C=O) groups is 2. The quantitative estimate of drug-likeness (QED) is 0.478. The van der Waals surface area contributed by atoms with Crippen molar-refractivity contribution in [1.82, 2.24) is 10.0 Å². The van der Waals surface area contributed by atoms with Crippen LogP contribution in [0.15, 0.2) is 12.7 Å². The number of carbonyl (C=O) groups excluding carboxylic acids is 2. The van der Waals surface area contributed by atoms with Crippen molar-refractivity contribution in [2.24, 2.45) is 5.92 Å². The van der Waals surface area contributed by atoms with Gasteiger partial charge in [0.2, 0.25) is 16.4 Å². The summed E-state index contributed by atoms with van der Waals surface area (Å²) in [5, 5.41) is 2.37. The van der Waals surface area contributed by atoms with E-state index in [2.05, 4.69) is 11.9 Å². The van der Waals surface area contributed by atoms with E-state index in [1.807, 2.05) is 4.72 Å². The molecule has 17 heavy (non-hydrogen) atoms. The van der Waals surface area contributed by atoms with Gasteiger partial charge in [0.25, 0.3) is 5.91 Å². The van der Waals surface area contributed by atoms with Gasteiger partial charge in [-0.25, -0.2) is 8.42 Å². The molecule has 0 bridgehead atoms. The number of rotatable bonds is 7. The van der Waals surface area contributed by atoms with Gasteiger partial charge in [0.15, 0.2) is 0 Å². The molecule has 0 aromatic rings. The summed E-state index contributed by atoms with van der Waals surface area (Å²) in [6.45, 7) is 5.23. The fourth-order valence-electron chi connectivity index (χ4n) is 1.72. The molecule has 2 amide bonds. The Bertz CT molecular complexity index is 432. The van der Waals surface area contributed by atoms with E-state index in [-0.39, 0.29) is 11.7 Å². The molecule has 0 aliphatic heterocycles. The summed E-state index contributed by atoms with van der Waals surface area (Å²) in [6, 6.07) is 0. The molecule has 0 heterocycles. The Morgan fingerprint density at radius 1 is 1.59 bits per heavy atom. The highest BCUT2D eigenvalue weighted by atomic mass is 32.2. The normalized spacial score (nSPS) is 27.0. The summed E-state index contributed by atoms with van der Waals surface area (Å²) < 4.78 is 24.9. The average Bonchev–Trinajstić information content (AvgIpc) is 2.92. The Kier molecular flexibility index (Phi) is 3.92. The molecule has 0 unspecified atom stereocenters. The number of amides is 2. The van der Waals surface area contributed by atoms with Crippen LogP contribution in [0, 0.1) is 5.92 Å². The molecule has 1 rings (SSSR count). The lowest BCUT2D eigenvalue weighted by Gasteiger charge is -2.15. The molecule has 0 radical (unpaired) electrons. The predicted molar refractivity (Wildman–Crippen MR) is 62.5 cm³/mol. The SMILES string of the molecule is C=C[C@@H]1C[C@]1(NC=O)C(=O)NS(=O)(=O)CCC. The van der Waals surface area contributed by atoms with E-state index in [1.54, 1.807) is 6.92 Å². The summed E-state index contributed by atoms with van der Waals surface area (Å²) in [5.74, 6) is -1.03. The second-order valence-electron chi connectivity index (χ2n) is 4.03. The third-order valence-electron chi connectivity index (χ3n) is 2.74. The second kappa shape index (κ2) is 4.87. The highest BCUT2D eigenvalue weighted by Gasteiger charge is 2.59. The zero-order valence-electron chi connectivity index (χ0n) is 9.60. The maximum atomic E-state index is 11.8. The summed E-state index contributed by atoms with van der Waals surface area (Å²) in [6.07, 6.45) is 2.72. The number of hydrogen-bond acceptors (Lipinski definition) is 4. The lowest BCUT2D eigenvalue weighted by Crippen LogP contribution is -2.49. The van der Waals surface area contributed by atoms with E-state index in [4.69, 9.17) is 0 Å². The Morgan fingerprint density at radius 3 is 2.65 bits per heavy atom. The van der Waals surface area contributed by atoms with E-state index in [9.17, 15) is 18.0 Å². The maximum absolute atomic E-state index is 11.8. The van der Waals surface area contributed by atoms with Crippen molar-refractivity contribution in [2.45, 2.75) is 25.3 Å². The van der Waals surface area contributed by atoms with Crippen molar-refractivity contribution >= 4 is 22.3 Å². The average molecular weight is 260 g/mol. The molecule has 2 N–H and O–H groups in total. The van der Waals surface area contributed by atoms with Gasteiger partial charge < -0.3 is 5.32 Å². The summed E-state index contributed by atoms with van der Waals surface area (Å²) >= 11 is 0. The first kappa shape index (κ1) is 13.7. The molecule has 1 saturated carbocycles. The molecular formula is C10H16N2O4S. The van der Waals surface area contributed by atoms with Crippen LogP contribution in [0.25, 0.3) is 0 Å². The van der Waals surface area contributed by atoms with E-state index in [0.29, 0.717) is 19.3 Å². The summed E-state index contributed by atoms with van der Waals surface area (Å²) in [7, 11) is -3.61. The molecule has 96 valence electrons. The Balaban J connectivity index is 2.76. The molecule has 0 saturated heterocycles. The lowest BCUT2D eigenvalue weighted by molar-refractivity contribution is -0.125. The van der Waals surface area contributed by atoms with Gasteiger partial charge in [-0.05, 0) is 12.8 Å². The minimum atomic E-state index is -3.61. The van der Waals surface area contributed by atoms with Crippen molar-refractivity contribution in [3.8, 4) is 0 Å². The monoisotopic (exact) mass is 260 g/mol. The zero-order chi connectivity index (χ0) is 13.1.